The van der Waals surface area contributed by atoms with Crippen molar-refractivity contribution in [2.24, 2.45) is 0 Å². The van der Waals surface area contributed by atoms with Crippen molar-refractivity contribution in [3.05, 3.63) is 69.1 Å². The van der Waals surface area contributed by atoms with Crippen molar-refractivity contribution in [2.75, 3.05) is 7.11 Å². The van der Waals surface area contributed by atoms with Crippen LogP contribution in [0.25, 0.3) is 22.1 Å². The van der Waals surface area contributed by atoms with Gasteiger partial charge >= 0.3 is 11.6 Å². The van der Waals surface area contributed by atoms with Gasteiger partial charge in [0.1, 0.15) is 11.3 Å². The molecule has 0 bridgehead atoms. The first kappa shape index (κ1) is 18.1. The van der Waals surface area contributed by atoms with E-state index in [1.807, 2.05) is 0 Å². The number of nitrogens with zero attached hydrogens (tertiary/aromatic N) is 1. The molecule has 1 aromatic heterocycles. The first-order valence-corrected chi connectivity index (χ1v) is 7.96. The van der Waals surface area contributed by atoms with Crippen molar-refractivity contribution in [2.45, 2.75) is 13.0 Å². The molecule has 0 aliphatic heterocycles. The summed E-state index contributed by atoms with van der Waals surface area (Å²) in [6.07, 6.45) is -0.834. The monoisotopic (exact) mass is 369 g/mol. The summed E-state index contributed by atoms with van der Waals surface area (Å²) in [7, 11) is 1.26. The summed E-state index contributed by atoms with van der Waals surface area (Å²) in [6.45, 7) is 1.53. The summed E-state index contributed by atoms with van der Waals surface area (Å²) in [5.74, 6) is -0.221. The first-order valence-electron chi connectivity index (χ1n) is 7.96. The molecular weight excluding hydrogens is 354 g/mol. The second-order valence-electron chi connectivity index (χ2n) is 5.73. The average molecular weight is 369 g/mol. The summed E-state index contributed by atoms with van der Waals surface area (Å²) >= 11 is 0. The number of hydrogen-bond donors (Lipinski definition) is 0. The number of non-ortho nitro benzene ring substituents is 1. The zero-order chi connectivity index (χ0) is 19.6. The van der Waals surface area contributed by atoms with E-state index in [0.717, 1.165) is 0 Å². The SMILES string of the molecule is COC(=O)[C@@H](C)Oc1ccc2c(-c3cccc([N+](=O)[O-])c3)cc(=O)oc2c1. The number of hydrogen-bond acceptors (Lipinski definition) is 7. The predicted molar refractivity (Wildman–Crippen MR) is 96.7 cm³/mol. The molecule has 2 aromatic carbocycles. The lowest BCUT2D eigenvalue weighted by Crippen LogP contribution is -2.24. The van der Waals surface area contributed by atoms with Crippen LogP contribution in [0, 0.1) is 10.1 Å². The van der Waals surface area contributed by atoms with Crippen LogP contribution in [0.2, 0.25) is 0 Å². The van der Waals surface area contributed by atoms with Crippen LogP contribution >= 0.6 is 0 Å². The van der Waals surface area contributed by atoms with Crippen LogP contribution in [-0.4, -0.2) is 24.1 Å². The van der Waals surface area contributed by atoms with Gasteiger partial charge in [-0.25, -0.2) is 9.59 Å². The van der Waals surface area contributed by atoms with E-state index in [1.54, 1.807) is 24.3 Å². The Hall–Kier alpha value is -3.68. The number of carbonyl (C=O) groups excluding carboxylic acids is 1. The number of carbonyl (C=O) groups is 1. The molecule has 1 atom stereocenters. The maximum atomic E-state index is 12.0. The van der Waals surface area contributed by atoms with Gasteiger partial charge in [-0.2, -0.15) is 0 Å². The van der Waals surface area contributed by atoms with Gasteiger partial charge < -0.3 is 13.9 Å². The molecule has 3 rings (SSSR count). The van der Waals surface area contributed by atoms with E-state index in [-0.39, 0.29) is 11.3 Å². The van der Waals surface area contributed by atoms with E-state index in [2.05, 4.69) is 4.74 Å². The largest absolute Gasteiger partial charge is 0.479 e. The van der Waals surface area contributed by atoms with Gasteiger partial charge in [-0.15, -0.1) is 0 Å². The highest BCUT2D eigenvalue weighted by Crippen LogP contribution is 2.31. The summed E-state index contributed by atoms with van der Waals surface area (Å²) in [5.41, 5.74) is 0.553. The molecule has 138 valence electrons. The maximum Gasteiger partial charge on any atom is 0.346 e. The van der Waals surface area contributed by atoms with Crippen LogP contribution in [0.15, 0.2) is 57.7 Å². The van der Waals surface area contributed by atoms with Gasteiger partial charge in [0.25, 0.3) is 5.69 Å². The molecule has 0 aliphatic carbocycles. The molecule has 0 unspecified atom stereocenters. The van der Waals surface area contributed by atoms with E-state index in [9.17, 15) is 19.7 Å². The van der Waals surface area contributed by atoms with Crippen molar-refractivity contribution in [1.82, 2.24) is 0 Å². The predicted octanol–water partition coefficient (Wildman–Crippen LogP) is 3.31. The fourth-order valence-electron chi connectivity index (χ4n) is 2.66. The number of esters is 1. The lowest BCUT2D eigenvalue weighted by Gasteiger charge is -2.13. The number of benzene rings is 2. The minimum Gasteiger partial charge on any atom is -0.479 e. The van der Waals surface area contributed by atoms with E-state index in [0.29, 0.717) is 22.3 Å². The second-order valence-corrected chi connectivity index (χ2v) is 5.73. The molecule has 0 aliphatic rings. The highest BCUT2D eigenvalue weighted by Gasteiger charge is 2.16. The topological polar surface area (TPSA) is 109 Å². The normalized spacial score (nSPS) is 11.8. The molecule has 0 N–H and O–H groups in total. The second kappa shape index (κ2) is 7.28. The Morgan fingerprint density at radius 1 is 1.19 bits per heavy atom. The smallest absolute Gasteiger partial charge is 0.346 e. The van der Waals surface area contributed by atoms with Gasteiger partial charge in [-0.1, -0.05) is 12.1 Å². The Labute approximate surface area is 153 Å². The fourth-order valence-corrected chi connectivity index (χ4v) is 2.66. The van der Waals surface area contributed by atoms with Crippen molar-refractivity contribution in [3.63, 3.8) is 0 Å². The molecule has 27 heavy (non-hydrogen) atoms. The Morgan fingerprint density at radius 2 is 1.96 bits per heavy atom. The molecule has 0 saturated heterocycles. The zero-order valence-electron chi connectivity index (χ0n) is 14.5. The number of rotatable bonds is 5. The summed E-state index contributed by atoms with van der Waals surface area (Å²) in [5, 5.41) is 11.6. The van der Waals surface area contributed by atoms with Crippen molar-refractivity contribution in [3.8, 4) is 16.9 Å². The molecule has 0 fully saturated rings. The Bertz CT molecular complexity index is 1090. The first-order chi connectivity index (χ1) is 12.9. The lowest BCUT2D eigenvalue weighted by molar-refractivity contribution is -0.384. The third-order valence-corrected chi connectivity index (χ3v) is 3.93. The van der Waals surface area contributed by atoms with E-state index >= 15 is 0 Å². The number of ether oxygens (including phenoxy) is 2. The molecule has 1 heterocycles. The number of nitro benzene ring substituents is 1. The third kappa shape index (κ3) is 3.79. The Balaban J connectivity index is 2.08. The van der Waals surface area contributed by atoms with E-state index in [1.165, 1.54) is 38.3 Å². The number of methoxy groups -OCH3 is 1. The molecule has 0 saturated carbocycles. The van der Waals surface area contributed by atoms with Gasteiger partial charge in [-0.3, -0.25) is 10.1 Å². The van der Waals surface area contributed by atoms with Crippen molar-refractivity contribution >= 4 is 22.6 Å². The lowest BCUT2D eigenvalue weighted by atomic mass is 10.0. The quantitative estimate of drug-likeness (QED) is 0.294. The maximum absolute atomic E-state index is 12.0. The minimum atomic E-state index is -0.834. The third-order valence-electron chi connectivity index (χ3n) is 3.93. The van der Waals surface area contributed by atoms with Crippen molar-refractivity contribution < 1.29 is 23.6 Å². The number of nitro groups is 1. The molecule has 8 nitrogen and oxygen atoms in total. The highest BCUT2D eigenvalue weighted by molar-refractivity contribution is 5.94. The fraction of sp³-hybridized carbons (Fsp3) is 0.158. The molecular formula is C19H15NO7. The summed E-state index contributed by atoms with van der Waals surface area (Å²) in [6, 6.07) is 12.0. The van der Waals surface area contributed by atoms with Gasteiger partial charge in [0.05, 0.1) is 12.0 Å². The summed E-state index contributed by atoms with van der Waals surface area (Å²) < 4.78 is 15.3. The van der Waals surface area contributed by atoms with Gasteiger partial charge in [0, 0.05) is 35.2 Å². The molecule has 0 amide bonds. The summed E-state index contributed by atoms with van der Waals surface area (Å²) in [4.78, 5) is 34.0. The van der Waals surface area contributed by atoms with Crippen LogP contribution in [0.3, 0.4) is 0 Å². The van der Waals surface area contributed by atoms with Crippen LogP contribution in [0.1, 0.15) is 6.92 Å². The van der Waals surface area contributed by atoms with Gasteiger partial charge in [0.2, 0.25) is 0 Å². The van der Waals surface area contributed by atoms with E-state index < -0.39 is 22.6 Å². The van der Waals surface area contributed by atoms with Crippen molar-refractivity contribution in [1.29, 1.82) is 0 Å². The Kier molecular flexibility index (Phi) is 4.89. The molecule has 0 radical (unpaired) electrons. The zero-order valence-corrected chi connectivity index (χ0v) is 14.5. The average Bonchev–Trinajstić information content (AvgIpc) is 2.66. The van der Waals surface area contributed by atoms with Gasteiger partial charge in [0.15, 0.2) is 6.10 Å². The highest BCUT2D eigenvalue weighted by atomic mass is 16.6. The molecule has 8 heteroatoms. The van der Waals surface area contributed by atoms with Crippen LogP contribution in [0.5, 0.6) is 5.75 Å². The number of fused-ring (bicyclic) bond motifs is 1. The van der Waals surface area contributed by atoms with E-state index in [4.69, 9.17) is 9.15 Å². The van der Waals surface area contributed by atoms with Crippen LogP contribution < -0.4 is 10.4 Å². The van der Waals surface area contributed by atoms with Gasteiger partial charge in [-0.05, 0) is 24.6 Å². The molecule has 0 spiro atoms. The minimum absolute atomic E-state index is 0.0826. The standard InChI is InChI=1S/C19H15NO7/c1-11(19(22)25-2)26-14-6-7-15-16(10-18(21)27-17(15)9-14)12-4-3-5-13(8-12)20(23)24/h3-11H,1-2H3/t11-/m1/s1. The Morgan fingerprint density at radius 3 is 2.67 bits per heavy atom. The molecule has 3 aromatic rings. The van der Waals surface area contributed by atoms with Crippen LogP contribution in [0.4, 0.5) is 5.69 Å². The van der Waals surface area contributed by atoms with Crippen LogP contribution in [-0.2, 0) is 9.53 Å².